The van der Waals surface area contributed by atoms with Crippen molar-refractivity contribution < 1.29 is 14.4 Å². The molecule has 1 aromatic heterocycles. The molecule has 0 spiro atoms. The average molecular weight is 294 g/mol. The van der Waals surface area contributed by atoms with Gasteiger partial charge in [-0.05, 0) is 37.3 Å². The van der Waals surface area contributed by atoms with E-state index in [1.54, 1.807) is 31.2 Å². The zero-order valence-corrected chi connectivity index (χ0v) is 11.3. The van der Waals surface area contributed by atoms with Gasteiger partial charge in [0.1, 0.15) is 5.76 Å². The zero-order valence-electron chi connectivity index (χ0n) is 10.6. The fourth-order valence-corrected chi connectivity index (χ4v) is 1.81. The molecule has 20 heavy (non-hydrogen) atoms. The van der Waals surface area contributed by atoms with Crippen LogP contribution in [0.1, 0.15) is 21.9 Å². The third kappa shape index (κ3) is 2.92. The first-order valence-corrected chi connectivity index (χ1v) is 6.04. The van der Waals surface area contributed by atoms with Crippen molar-refractivity contribution in [1.29, 1.82) is 0 Å². The van der Waals surface area contributed by atoms with Gasteiger partial charge in [0.25, 0.3) is 5.91 Å². The van der Waals surface area contributed by atoms with Crippen LogP contribution < -0.4 is 11.1 Å². The van der Waals surface area contributed by atoms with Crippen molar-refractivity contribution in [2.75, 3.05) is 5.32 Å². The topological polar surface area (TPSA) is 101 Å². The van der Waals surface area contributed by atoms with Crippen LogP contribution in [0.5, 0.6) is 0 Å². The Morgan fingerprint density at radius 3 is 2.75 bits per heavy atom. The summed E-state index contributed by atoms with van der Waals surface area (Å²) in [4.78, 5) is 12.0. The van der Waals surface area contributed by atoms with E-state index >= 15 is 0 Å². The number of halogens is 1. The highest BCUT2D eigenvalue weighted by Gasteiger charge is 2.14. The van der Waals surface area contributed by atoms with Gasteiger partial charge in [-0.15, -0.1) is 0 Å². The number of nitrogens with two attached hydrogens (primary N) is 1. The van der Waals surface area contributed by atoms with Crippen LogP contribution >= 0.6 is 11.6 Å². The molecule has 6 nitrogen and oxygen atoms in total. The maximum Gasteiger partial charge on any atom is 0.291 e. The SMILES string of the molecule is Cc1ccc(C(=O)Nc2cc(Cl)ccc2C(N)=NO)o1. The molecule has 104 valence electrons. The van der Waals surface area contributed by atoms with Crippen molar-refractivity contribution >= 4 is 29.0 Å². The maximum absolute atomic E-state index is 12.0. The lowest BCUT2D eigenvalue weighted by molar-refractivity contribution is 0.0995. The van der Waals surface area contributed by atoms with E-state index in [1.807, 2.05) is 0 Å². The van der Waals surface area contributed by atoms with Gasteiger partial charge in [-0.2, -0.15) is 0 Å². The van der Waals surface area contributed by atoms with Crippen LogP contribution in [0.25, 0.3) is 0 Å². The molecule has 0 fully saturated rings. The summed E-state index contributed by atoms with van der Waals surface area (Å²) in [5.41, 5.74) is 6.23. The summed E-state index contributed by atoms with van der Waals surface area (Å²) in [6.07, 6.45) is 0. The molecule has 0 radical (unpaired) electrons. The minimum atomic E-state index is -0.452. The summed E-state index contributed by atoms with van der Waals surface area (Å²) >= 11 is 5.88. The smallest absolute Gasteiger partial charge is 0.291 e. The second-order valence-corrected chi connectivity index (χ2v) is 4.48. The number of amidine groups is 1. The highest BCUT2D eigenvalue weighted by atomic mass is 35.5. The normalized spacial score (nSPS) is 11.4. The Morgan fingerprint density at radius 2 is 2.15 bits per heavy atom. The third-order valence-corrected chi connectivity index (χ3v) is 2.81. The van der Waals surface area contributed by atoms with Crippen LogP contribution in [0, 0.1) is 6.92 Å². The molecule has 0 atom stereocenters. The van der Waals surface area contributed by atoms with Crippen LogP contribution in [-0.2, 0) is 0 Å². The first-order valence-electron chi connectivity index (χ1n) is 5.66. The predicted molar refractivity (Wildman–Crippen MR) is 75.4 cm³/mol. The number of rotatable bonds is 3. The number of anilines is 1. The summed E-state index contributed by atoms with van der Waals surface area (Å²) in [5, 5.41) is 14.7. The number of oxime groups is 1. The van der Waals surface area contributed by atoms with Crippen LogP contribution in [-0.4, -0.2) is 17.0 Å². The third-order valence-electron chi connectivity index (χ3n) is 2.58. The van der Waals surface area contributed by atoms with Crippen LogP contribution in [0.4, 0.5) is 5.69 Å². The van der Waals surface area contributed by atoms with E-state index in [0.29, 0.717) is 22.0 Å². The van der Waals surface area contributed by atoms with Crippen LogP contribution in [0.2, 0.25) is 5.02 Å². The lowest BCUT2D eigenvalue weighted by atomic mass is 10.1. The van der Waals surface area contributed by atoms with Gasteiger partial charge in [0, 0.05) is 10.6 Å². The molecule has 0 aliphatic carbocycles. The molecule has 0 aliphatic rings. The number of amides is 1. The van der Waals surface area contributed by atoms with Crippen molar-refractivity contribution in [1.82, 2.24) is 0 Å². The molecule has 0 aliphatic heterocycles. The number of aryl methyl sites for hydroxylation is 1. The Kier molecular flexibility index (Phi) is 3.95. The number of carbonyl (C=O) groups excluding carboxylic acids is 1. The number of furan rings is 1. The van der Waals surface area contributed by atoms with Gasteiger partial charge in [0.05, 0.1) is 5.69 Å². The van der Waals surface area contributed by atoms with Crippen LogP contribution in [0.3, 0.4) is 0 Å². The Hall–Kier alpha value is -2.47. The van der Waals surface area contributed by atoms with Gasteiger partial charge >= 0.3 is 0 Å². The highest BCUT2D eigenvalue weighted by Crippen LogP contribution is 2.22. The molecule has 4 N–H and O–H groups in total. The van der Waals surface area contributed by atoms with E-state index in [0.717, 1.165) is 0 Å². The molecular weight excluding hydrogens is 282 g/mol. The Balaban J connectivity index is 2.33. The largest absolute Gasteiger partial charge is 0.456 e. The number of carbonyl (C=O) groups is 1. The standard InChI is InChI=1S/C13H12ClN3O3/c1-7-2-5-11(20-7)13(18)16-10-6-8(14)3-4-9(10)12(15)17-19/h2-6,19H,1H3,(H2,15,17)(H,16,18). The Bertz CT molecular complexity index is 679. The number of benzene rings is 1. The van der Waals surface area contributed by atoms with Crippen molar-refractivity contribution in [3.05, 3.63) is 52.4 Å². The minimum absolute atomic E-state index is 0.132. The summed E-state index contributed by atoms with van der Waals surface area (Å²) in [7, 11) is 0. The molecule has 1 heterocycles. The average Bonchev–Trinajstić information content (AvgIpc) is 2.85. The van der Waals surface area contributed by atoms with Crippen molar-refractivity contribution in [2.24, 2.45) is 10.9 Å². The maximum atomic E-state index is 12.0. The monoisotopic (exact) mass is 293 g/mol. The van der Waals surface area contributed by atoms with E-state index in [-0.39, 0.29) is 11.6 Å². The summed E-state index contributed by atoms with van der Waals surface area (Å²) < 4.78 is 5.22. The zero-order chi connectivity index (χ0) is 14.7. The van der Waals surface area contributed by atoms with Gasteiger partial charge < -0.3 is 20.7 Å². The summed E-state index contributed by atoms with van der Waals surface area (Å²) in [6, 6.07) is 7.85. The van der Waals surface area contributed by atoms with E-state index in [4.69, 9.17) is 27.0 Å². The quantitative estimate of drug-likeness (QED) is 0.350. The van der Waals surface area contributed by atoms with E-state index in [2.05, 4.69) is 10.5 Å². The highest BCUT2D eigenvalue weighted by molar-refractivity contribution is 6.31. The molecular formula is C13H12ClN3O3. The van der Waals surface area contributed by atoms with Gasteiger partial charge in [-0.1, -0.05) is 16.8 Å². The lowest BCUT2D eigenvalue weighted by Crippen LogP contribution is -2.19. The van der Waals surface area contributed by atoms with Gasteiger partial charge in [-0.3, -0.25) is 4.79 Å². The Morgan fingerprint density at radius 1 is 1.40 bits per heavy atom. The first-order chi connectivity index (χ1) is 9.51. The van der Waals surface area contributed by atoms with E-state index in [9.17, 15) is 4.79 Å². The second-order valence-electron chi connectivity index (χ2n) is 4.04. The molecule has 7 heteroatoms. The summed E-state index contributed by atoms with van der Waals surface area (Å²) in [6.45, 7) is 1.73. The van der Waals surface area contributed by atoms with Crippen molar-refractivity contribution in [2.45, 2.75) is 6.92 Å². The van der Waals surface area contributed by atoms with Gasteiger partial charge in [0.15, 0.2) is 11.6 Å². The molecule has 1 amide bonds. The van der Waals surface area contributed by atoms with Crippen LogP contribution in [0.15, 0.2) is 39.9 Å². The Labute approximate surface area is 119 Å². The fourth-order valence-electron chi connectivity index (χ4n) is 1.64. The molecule has 1 aromatic carbocycles. The molecule has 2 rings (SSSR count). The minimum Gasteiger partial charge on any atom is -0.456 e. The fraction of sp³-hybridized carbons (Fsp3) is 0.0769. The van der Waals surface area contributed by atoms with Crippen molar-refractivity contribution in [3.8, 4) is 0 Å². The molecule has 0 saturated carbocycles. The van der Waals surface area contributed by atoms with Gasteiger partial charge in [-0.25, -0.2) is 0 Å². The van der Waals surface area contributed by atoms with E-state index < -0.39 is 5.91 Å². The predicted octanol–water partition coefficient (Wildman–Crippen LogP) is 2.59. The number of hydrogen-bond acceptors (Lipinski definition) is 4. The summed E-state index contributed by atoms with van der Waals surface area (Å²) in [5.74, 6) is 0.200. The number of nitrogens with zero attached hydrogens (tertiary/aromatic N) is 1. The molecule has 0 bridgehead atoms. The molecule has 0 saturated heterocycles. The first kappa shape index (κ1) is 14.0. The number of hydrogen-bond donors (Lipinski definition) is 3. The van der Waals surface area contributed by atoms with Crippen molar-refractivity contribution in [3.63, 3.8) is 0 Å². The van der Waals surface area contributed by atoms with E-state index in [1.165, 1.54) is 6.07 Å². The number of nitrogens with one attached hydrogen (secondary N) is 1. The molecule has 0 unspecified atom stereocenters. The lowest BCUT2D eigenvalue weighted by Gasteiger charge is -2.09. The van der Waals surface area contributed by atoms with Gasteiger partial charge in [0.2, 0.25) is 0 Å². The molecule has 2 aromatic rings. The second kappa shape index (κ2) is 5.66.